The number of hydrogen-bond donors (Lipinski definition) is 2. The minimum atomic E-state index is 0.624. The number of aliphatic imine (C=N–C) groups is 1. The number of nitrogens with one attached hydrogen (secondary N) is 2. The normalized spacial score (nSPS) is 11.4. The van der Waals surface area contributed by atoms with E-state index in [2.05, 4.69) is 35.5 Å². The molecule has 0 saturated heterocycles. The van der Waals surface area contributed by atoms with Gasteiger partial charge in [0, 0.05) is 26.3 Å². The van der Waals surface area contributed by atoms with Crippen LogP contribution in [0, 0.1) is 6.92 Å². The highest BCUT2D eigenvalue weighted by molar-refractivity contribution is 5.79. The summed E-state index contributed by atoms with van der Waals surface area (Å²) in [6.07, 6.45) is 0.969. The number of benzene rings is 1. The van der Waals surface area contributed by atoms with Gasteiger partial charge in [-0.2, -0.15) is 0 Å². The SMILES string of the molecule is CCNC(=NCc1cc(C)cc(OC)c1)NCCCOCC. The summed E-state index contributed by atoms with van der Waals surface area (Å²) in [4.78, 5) is 4.62. The second-order valence-corrected chi connectivity index (χ2v) is 5.03. The first-order valence-corrected chi connectivity index (χ1v) is 7.94. The molecule has 0 saturated carbocycles. The Kier molecular flexibility index (Phi) is 9.07. The molecule has 0 amide bonds. The minimum Gasteiger partial charge on any atom is -0.497 e. The second kappa shape index (κ2) is 10.9. The number of nitrogens with zero attached hydrogens (tertiary/aromatic N) is 1. The fourth-order valence-corrected chi connectivity index (χ4v) is 2.07. The van der Waals surface area contributed by atoms with Crippen molar-refractivity contribution in [2.24, 2.45) is 4.99 Å². The van der Waals surface area contributed by atoms with Crippen LogP contribution in [0.1, 0.15) is 31.4 Å². The molecule has 0 heterocycles. The number of rotatable bonds is 9. The lowest BCUT2D eigenvalue weighted by atomic mass is 10.1. The number of ether oxygens (including phenoxy) is 2. The molecule has 0 aliphatic heterocycles. The smallest absolute Gasteiger partial charge is 0.191 e. The number of hydrogen-bond acceptors (Lipinski definition) is 3. The fraction of sp³-hybridized carbons (Fsp3) is 0.588. The molecular weight excluding hydrogens is 278 g/mol. The lowest BCUT2D eigenvalue weighted by molar-refractivity contribution is 0.145. The Hall–Kier alpha value is -1.75. The van der Waals surface area contributed by atoms with E-state index >= 15 is 0 Å². The van der Waals surface area contributed by atoms with Crippen LogP contribution in [-0.2, 0) is 11.3 Å². The van der Waals surface area contributed by atoms with E-state index in [1.54, 1.807) is 7.11 Å². The Balaban J connectivity index is 2.55. The third-order valence-electron chi connectivity index (χ3n) is 3.07. The molecule has 0 radical (unpaired) electrons. The molecule has 0 spiro atoms. The predicted octanol–water partition coefficient (Wildman–Crippen LogP) is 2.49. The number of methoxy groups -OCH3 is 1. The van der Waals surface area contributed by atoms with E-state index in [4.69, 9.17) is 9.47 Å². The standard InChI is InChI=1S/C17H29N3O2/c1-5-18-17(19-8-7-9-22-6-2)20-13-15-10-14(3)11-16(12-15)21-4/h10-12H,5-9,13H2,1-4H3,(H2,18,19,20). The van der Waals surface area contributed by atoms with Crippen molar-refractivity contribution in [2.45, 2.75) is 33.7 Å². The summed E-state index contributed by atoms with van der Waals surface area (Å²) in [5.74, 6) is 1.71. The largest absolute Gasteiger partial charge is 0.497 e. The van der Waals surface area contributed by atoms with E-state index in [-0.39, 0.29) is 0 Å². The molecule has 0 fully saturated rings. The van der Waals surface area contributed by atoms with Gasteiger partial charge in [-0.25, -0.2) is 4.99 Å². The van der Waals surface area contributed by atoms with Gasteiger partial charge >= 0.3 is 0 Å². The summed E-state index contributed by atoms with van der Waals surface area (Å²) in [5.41, 5.74) is 2.32. The van der Waals surface area contributed by atoms with Gasteiger partial charge in [0.25, 0.3) is 0 Å². The topological polar surface area (TPSA) is 54.9 Å². The van der Waals surface area contributed by atoms with Crippen LogP contribution in [0.15, 0.2) is 23.2 Å². The van der Waals surface area contributed by atoms with Crippen LogP contribution < -0.4 is 15.4 Å². The maximum atomic E-state index is 5.33. The molecule has 0 atom stereocenters. The molecule has 0 aliphatic rings. The van der Waals surface area contributed by atoms with E-state index in [0.29, 0.717) is 6.54 Å². The zero-order chi connectivity index (χ0) is 16.2. The Labute approximate surface area is 134 Å². The maximum Gasteiger partial charge on any atom is 0.191 e. The van der Waals surface area contributed by atoms with Crippen molar-refractivity contribution in [3.05, 3.63) is 29.3 Å². The van der Waals surface area contributed by atoms with Gasteiger partial charge in [0.15, 0.2) is 5.96 Å². The van der Waals surface area contributed by atoms with Crippen LogP contribution in [0.25, 0.3) is 0 Å². The molecule has 0 aliphatic carbocycles. The average molecular weight is 307 g/mol. The zero-order valence-electron chi connectivity index (χ0n) is 14.2. The summed E-state index contributed by atoms with van der Waals surface area (Å²) < 4.78 is 10.6. The highest BCUT2D eigenvalue weighted by Gasteiger charge is 2.00. The molecule has 0 bridgehead atoms. The number of aryl methyl sites for hydroxylation is 1. The van der Waals surface area contributed by atoms with Gasteiger partial charge in [0.2, 0.25) is 0 Å². The first-order valence-electron chi connectivity index (χ1n) is 7.94. The van der Waals surface area contributed by atoms with Crippen LogP contribution >= 0.6 is 0 Å². The minimum absolute atomic E-state index is 0.624. The van der Waals surface area contributed by atoms with Gasteiger partial charge in [0.05, 0.1) is 13.7 Å². The molecule has 1 aromatic rings. The van der Waals surface area contributed by atoms with E-state index in [1.807, 2.05) is 19.1 Å². The summed E-state index contributed by atoms with van der Waals surface area (Å²) in [5, 5.41) is 6.57. The molecule has 124 valence electrons. The summed E-state index contributed by atoms with van der Waals surface area (Å²) >= 11 is 0. The summed E-state index contributed by atoms with van der Waals surface area (Å²) in [6.45, 7) is 9.99. The molecule has 5 nitrogen and oxygen atoms in total. The monoisotopic (exact) mass is 307 g/mol. The van der Waals surface area contributed by atoms with Crippen LogP contribution in [0.4, 0.5) is 0 Å². The molecule has 22 heavy (non-hydrogen) atoms. The van der Waals surface area contributed by atoms with Gasteiger partial charge in [0.1, 0.15) is 5.75 Å². The van der Waals surface area contributed by atoms with Crippen LogP contribution in [0.5, 0.6) is 5.75 Å². The van der Waals surface area contributed by atoms with Crippen LogP contribution in [0.2, 0.25) is 0 Å². The van der Waals surface area contributed by atoms with Gasteiger partial charge in [-0.1, -0.05) is 6.07 Å². The summed E-state index contributed by atoms with van der Waals surface area (Å²) in [7, 11) is 1.69. The first-order chi connectivity index (χ1) is 10.7. The van der Waals surface area contributed by atoms with Gasteiger partial charge < -0.3 is 20.1 Å². The zero-order valence-corrected chi connectivity index (χ0v) is 14.2. The first kappa shape index (κ1) is 18.3. The van der Waals surface area contributed by atoms with Gasteiger partial charge in [-0.15, -0.1) is 0 Å². The van der Waals surface area contributed by atoms with E-state index < -0.39 is 0 Å². The lowest BCUT2D eigenvalue weighted by Crippen LogP contribution is -2.38. The molecule has 1 aromatic carbocycles. The van der Waals surface area contributed by atoms with E-state index in [1.165, 1.54) is 5.56 Å². The van der Waals surface area contributed by atoms with E-state index in [0.717, 1.165) is 50.0 Å². The van der Waals surface area contributed by atoms with Crippen molar-refractivity contribution in [2.75, 3.05) is 33.4 Å². The van der Waals surface area contributed by atoms with Crippen molar-refractivity contribution in [1.29, 1.82) is 0 Å². The Morgan fingerprint density at radius 1 is 1.18 bits per heavy atom. The Morgan fingerprint density at radius 2 is 2.00 bits per heavy atom. The van der Waals surface area contributed by atoms with E-state index in [9.17, 15) is 0 Å². The van der Waals surface area contributed by atoms with Gasteiger partial charge in [-0.3, -0.25) is 0 Å². The molecule has 0 unspecified atom stereocenters. The Morgan fingerprint density at radius 3 is 2.68 bits per heavy atom. The van der Waals surface area contributed by atoms with Gasteiger partial charge in [-0.05, 0) is 50.5 Å². The third kappa shape index (κ3) is 7.31. The predicted molar refractivity (Wildman–Crippen MR) is 91.7 cm³/mol. The van der Waals surface area contributed by atoms with Crippen LogP contribution in [-0.4, -0.2) is 39.4 Å². The van der Waals surface area contributed by atoms with Crippen LogP contribution in [0.3, 0.4) is 0 Å². The molecule has 1 rings (SSSR count). The molecule has 5 heteroatoms. The number of guanidine groups is 1. The quantitative estimate of drug-likeness (QED) is 0.418. The lowest BCUT2D eigenvalue weighted by Gasteiger charge is -2.11. The average Bonchev–Trinajstić information content (AvgIpc) is 2.51. The van der Waals surface area contributed by atoms with Crippen molar-refractivity contribution in [1.82, 2.24) is 10.6 Å². The summed E-state index contributed by atoms with van der Waals surface area (Å²) in [6, 6.07) is 6.17. The molecular formula is C17H29N3O2. The third-order valence-corrected chi connectivity index (χ3v) is 3.07. The van der Waals surface area contributed by atoms with Crippen molar-refractivity contribution < 1.29 is 9.47 Å². The highest BCUT2D eigenvalue weighted by atomic mass is 16.5. The van der Waals surface area contributed by atoms with Crippen molar-refractivity contribution in [3.8, 4) is 5.75 Å². The highest BCUT2D eigenvalue weighted by Crippen LogP contribution is 2.16. The molecule has 0 aromatic heterocycles. The Bertz CT molecular complexity index is 461. The fourth-order valence-electron chi connectivity index (χ4n) is 2.07. The second-order valence-electron chi connectivity index (χ2n) is 5.03. The van der Waals surface area contributed by atoms with Crippen molar-refractivity contribution in [3.63, 3.8) is 0 Å². The molecule has 2 N–H and O–H groups in total. The maximum absolute atomic E-state index is 5.33. The van der Waals surface area contributed by atoms with Crippen molar-refractivity contribution >= 4 is 5.96 Å².